The van der Waals surface area contributed by atoms with Gasteiger partial charge >= 0.3 is 0 Å². The molecule has 0 bridgehead atoms. The van der Waals surface area contributed by atoms with Crippen molar-refractivity contribution >= 4 is 39.8 Å². The Labute approximate surface area is 114 Å². The quantitative estimate of drug-likeness (QED) is 0.667. The molecular formula is C12H13N3OS2. The van der Waals surface area contributed by atoms with Gasteiger partial charge in [0, 0.05) is 22.2 Å². The minimum atomic E-state index is -0.198. The molecule has 3 N–H and O–H groups in total. The molecule has 1 unspecified atom stereocenters. The summed E-state index contributed by atoms with van der Waals surface area (Å²) in [5, 5.41) is 5.02. The van der Waals surface area contributed by atoms with Gasteiger partial charge in [0.1, 0.15) is 0 Å². The topological polar surface area (TPSA) is 68.0 Å². The van der Waals surface area contributed by atoms with Gasteiger partial charge in [-0.1, -0.05) is 6.07 Å². The average molecular weight is 279 g/mol. The molecule has 0 spiro atoms. The molecule has 2 rings (SSSR count). The summed E-state index contributed by atoms with van der Waals surface area (Å²) in [5.74, 6) is -0.0580. The number of anilines is 2. The van der Waals surface area contributed by atoms with Crippen molar-refractivity contribution in [1.82, 2.24) is 4.98 Å². The molecule has 2 aromatic rings. The van der Waals surface area contributed by atoms with Crippen LogP contribution in [0.25, 0.3) is 0 Å². The predicted octanol–water partition coefficient (Wildman–Crippen LogP) is 2.84. The summed E-state index contributed by atoms with van der Waals surface area (Å²) >= 11 is 2.88. The molecule has 4 nitrogen and oxygen atoms in total. The van der Waals surface area contributed by atoms with Crippen LogP contribution in [0.15, 0.2) is 40.7 Å². The molecule has 0 aliphatic carbocycles. The van der Waals surface area contributed by atoms with Crippen LogP contribution in [-0.4, -0.2) is 16.1 Å². The van der Waals surface area contributed by atoms with Crippen LogP contribution in [0.5, 0.6) is 0 Å². The second-order valence-corrected chi connectivity index (χ2v) is 5.97. The summed E-state index contributed by atoms with van der Waals surface area (Å²) in [6.07, 6.45) is 1.66. The van der Waals surface area contributed by atoms with Gasteiger partial charge < -0.3 is 11.1 Å². The summed E-state index contributed by atoms with van der Waals surface area (Å²) in [7, 11) is 0. The zero-order valence-corrected chi connectivity index (χ0v) is 11.4. The molecule has 1 heterocycles. The van der Waals surface area contributed by atoms with E-state index in [1.165, 1.54) is 23.1 Å². The van der Waals surface area contributed by atoms with Crippen LogP contribution in [-0.2, 0) is 4.79 Å². The van der Waals surface area contributed by atoms with E-state index in [1.807, 2.05) is 36.6 Å². The molecular weight excluding hydrogens is 266 g/mol. The standard InChI is InChI=1S/C12H13N3OS2/c1-8(11(16)15-12-14-5-6-17-12)18-10-4-2-3-9(13)7-10/h2-8H,13H2,1H3,(H,14,15,16). The third-order valence-electron chi connectivity index (χ3n) is 2.20. The van der Waals surface area contributed by atoms with Gasteiger partial charge in [-0.2, -0.15) is 0 Å². The van der Waals surface area contributed by atoms with Crippen LogP contribution in [0.2, 0.25) is 0 Å². The van der Waals surface area contributed by atoms with Gasteiger partial charge in [0.15, 0.2) is 5.13 Å². The van der Waals surface area contributed by atoms with Gasteiger partial charge in [0.25, 0.3) is 0 Å². The third kappa shape index (κ3) is 3.48. The summed E-state index contributed by atoms with van der Waals surface area (Å²) in [6.45, 7) is 1.86. The first-order valence-electron chi connectivity index (χ1n) is 5.37. The Hall–Kier alpha value is -1.53. The molecule has 0 fully saturated rings. The fourth-order valence-corrected chi connectivity index (χ4v) is 2.81. The lowest BCUT2D eigenvalue weighted by molar-refractivity contribution is -0.115. The van der Waals surface area contributed by atoms with E-state index in [4.69, 9.17) is 5.73 Å². The number of thioether (sulfide) groups is 1. The second kappa shape index (κ2) is 5.88. The highest BCUT2D eigenvalue weighted by atomic mass is 32.2. The van der Waals surface area contributed by atoms with E-state index in [1.54, 1.807) is 6.20 Å². The van der Waals surface area contributed by atoms with Crippen LogP contribution in [0, 0.1) is 0 Å². The highest BCUT2D eigenvalue weighted by Gasteiger charge is 2.15. The molecule has 1 aromatic carbocycles. The zero-order chi connectivity index (χ0) is 13.0. The SMILES string of the molecule is CC(Sc1cccc(N)c1)C(=O)Nc1nccs1. The van der Waals surface area contributed by atoms with Gasteiger partial charge in [-0.3, -0.25) is 4.79 Å². The Morgan fingerprint density at radius 2 is 2.39 bits per heavy atom. The maximum Gasteiger partial charge on any atom is 0.239 e. The number of nitrogen functional groups attached to an aromatic ring is 1. The fraction of sp³-hybridized carbons (Fsp3) is 0.167. The molecule has 18 heavy (non-hydrogen) atoms. The summed E-state index contributed by atoms with van der Waals surface area (Å²) in [4.78, 5) is 16.9. The molecule has 94 valence electrons. The average Bonchev–Trinajstić information content (AvgIpc) is 2.81. The van der Waals surface area contributed by atoms with Crippen molar-refractivity contribution in [3.63, 3.8) is 0 Å². The number of carbonyl (C=O) groups is 1. The third-order valence-corrected chi connectivity index (χ3v) is 3.98. The van der Waals surface area contributed by atoms with Crippen molar-refractivity contribution in [2.24, 2.45) is 0 Å². The number of nitrogens with zero attached hydrogens (tertiary/aromatic N) is 1. The van der Waals surface area contributed by atoms with Gasteiger partial charge in [0.05, 0.1) is 5.25 Å². The van der Waals surface area contributed by atoms with Gasteiger partial charge in [0.2, 0.25) is 5.91 Å². The number of rotatable bonds is 4. The van der Waals surface area contributed by atoms with Crippen LogP contribution in [0.3, 0.4) is 0 Å². The minimum absolute atomic E-state index is 0.0580. The lowest BCUT2D eigenvalue weighted by Gasteiger charge is -2.10. The number of benzene rings is 1. The maximum absolute atomic E-state index is 11.9. The van der Waals surface area contributed by atoms with Crippen molar-refractivity contribution in [3.8, 4) is 0 Å². The zero-order valence-electron chi connectivity index (χ0n) is 9.79. The molecule has 1 amide bonds. The van der Waals surface area contributed by atoms with Gasteiger partial charge in [-0.15, -0.1) is 23.1 Å². The Morgan fingerprint density at radius 1 is 1.56 bits per heavy atom. The fourth-order valence-electron chi connectivity index (χ4n) is 1.34. The van der Waals surface area contributed by atoms with E-state index in [0.717, 1.165) is 4.90 Å². The number of carbonyl (C=O) groups excluding carboxylic acids is 1. The van der Waals surface area contributed by atoms with Gasteiger partial charge in [-0.05, 0) is 25.1 Å². The molecule has 0 saturated carbocycles. The summed E-state index contributed by atoms with van der Waals surface area (Å²) in [6, 6.07) is 7.50. The smallest absolute Gasteiger partial charge is 0.239 e. The van der Waals surface area contributed by atoms with E-state index in [9.17, 15) is 4.79 Å². The van der Waals surface area contributed by atoms with E-state index < -0.39 is 0 Å². The summed E-state index contributed by atoms with van der Waals surface area (Å²) < 4.78 is 0. The molecule has 1 aromatic heterocycles. The molecule has 0 aliphatic rings. The van der Waals surface area contributed by atoms with Crippen molar-refractivity contribution in [2.75, 3.05) is 11.1 Å². The van der Waals surface area contributed by atoms with E-state index in [2.05, 4.69) is 10.3 Å². The van der Waals surface area contributed by atoms with Crippen LogP contribution >= 0.6 is 23.1 Å². The maximum atomic E-state index is 11.9. The predicted molar refractivity (Wildman–Crippen MR) is 76.9 cm³/mol. The first-order valence-corrected chi connectivity index (χ1v) is 7.13. The lowest BCUT2D eigenvalue weighted by Crippen LogP contribution is -2.22. The molecule has 0 saturated heterocycles. The van der Waals surface area contributed by atoms with E-state index >= 15 is 0 Å². The molecule has 6 heteroatoms. The summed E-state index contributed by atoms with van der Waals surface area (Å²) in [5.41, 5.74) is 6.40. The Kier molecular flexibility index (Phi) is 4.22. The van der Waals surface area contributed by atoms with Crippen molar-refractivity contribution < 1.29 is 4.79 Å². The molecule has 0 radical (unpaired) electrons. The lowest BCUT2D eigenvalue weighted by atomic mass is 10.3. The van der Waals surface area contributed by atoms with Crippen molar-refractivity contribution in [3.05, 3.63) is 35.8 Å². The van der Waals surface area contributed by atoms with Crippen LogP contribution in [0.4, 0.5) is 10.8 Å². The highest BCUT2D eigenvalue weighted by molar-refractivity contribution is 8.00. The largest absolute Gasteiger partial charge is 0.399 e. The number of hydrogen-bond donors (Lipinski definition) is 2. The monoisotopic (exact) mass is 279 g/mol. The highest BCUT2D eigenvalue weighted by Crippen LogP contribution is 2.25. The van der Waals surface area contributed by atoms with Crippen molar-refractivity contribution in [2.45, 2.75) is 17.1 Å². The minimum Gasteiger partial charge on any atom is -0.399 e. The molecule has 0 aliphatic heterocycles. The van der Waals surface area contributed by atoms with Crippen molar-refractivity contribution in [1.29, 1.82) is 0 Å². The number of nitrogens with two attached hydrogens (primary N) is 1. The van der Waals surface area contributed by atoms with E-state index in [-0.39, 0.29) is 11.2 Å². The van der Waals surface area contributed by atoms with Crippen LogP contribution in [0.1, 0.15) is 6.92 Å². The Balaban J connectivity index is 1.95. The van der Waals surface area contributed by atoms with E-state index in [0.29, 0.717) is 10.8 Å². The van der Waals surface area contributed by atoms with Gasteiger partial charge in [-0.25, -0.2) is 4.98 Å². The first-order chi connectivity index (χ1) is 8.65. The normalized spacial score (nSPS) is 12.1. The molecule has 1 atom stereocenters. The number of hydrogen-bond acceptors (Lipinski definition) is 5. The number of thiazole rings is 1. The Morgan fingerprint density at radius 3 is 3.06 bits per heavy atom. The van der Waals surface area contributed by atoms with Crippen LogP contribution < -0.4 is 11.1 Å². The Bertz CT molecular complexity index is 528. The number of aromatic nitrogens is 1. The number of amides is 1. The second-order valence-electron chi connectivity index (χ2n) is 3.66. The first kappa shape index (κ1) is 12.9. The number of nitrogens with one attached hydrogen (secondary N) is 1.